The topological polar surface area (TPSA) is 105 Å². The Labute approximate surface area is 231 Å². The van der Waals surface area contributed by atoms with Gasteiger partial charge in [0.25, 0.3) is 15.9 Å². The minimum Gasteiger partial charge on any atom is -0.376 e. The molecule has 1 fully saturated rings. The van der Waals surface area contributed by atoms with Gasteiger partial charge >= 0.3 is 0 Å². The van der Waals surface area contributed by atoms with Crippen molar-refractivity contribution >= 4 is 56.4 Å². The van der Waals surface area contributed by atoms with Crippen molar-refractivity contribution in [1.29, 1.82) is 0 Å². The monoisotopic (exact) mass is 575 g/mol. The molecule has 2 amide bonds. The molecule has 200 valence electrons. The van der Waals surface area contributed by atoms with E-state index in [1.165, 1.54) is 24.3 Å². The Kier molecular flexibility index (Phi) is 8.94. The fourth-order valence-electron chi connectivity index (χ4n) is 4.04. The van der Waals surface area contributed by atoms with Crippen molar-refractivity contribution in [2.75, 3.05) is 29.3 Å². The number of carbonyl (C=O) groups excluding carboxylic acids is 2. The summed E-state index contributed by atoms with van der Waals surface area (Å²) in [6.45, 7) is 2.26. The Bertz CT molecular complexity index is 1420. The highest BCUT2D eigenvalue weighted by Crippen LogP contribution is 2.35. The third kappa shape index (κ3) is 6.47. The molecule has 1 saturated heterocycles. The second-order valence-electron chi connectivity index (χ2n) is 8.84. The largest absolute Gasteiger partial charge is 0.376 e. The molecule has 0 saturated carbocycles. The molecule has 8 nitrogen and oxygen atoms in total. The Morgan fingerprint density at radius 1 is 1.03 bits per heavy atom. The third-order valence-electron chi connectivity index (χ3n) is 6.06. The van der Waals surface area contributed by atoms with Crippen LogP contribution < -0.4 is 14.9 Å². The minimum atomic E-state index is -4.21. The number of rotatable bonds is 9. The number of nitrogens with one attached hydrogen (secondary N) is 2. The van der Waals surface area contributed by atoms with Gasteiger partial charge in [-0.15, -0.1) is 0 Å². The number of ether oxygens (including phenoxy) is 1. The maximum absolute atomic E-state index is 13.6. The summed E-state index contributed by atoms with van der Waals surface area (Å²) in [4.78, 5) is 26.1. The Hall–Kier alpha value is -3.11. The zero-order valence-corrected chi connectivity index (χ0v) is 22.9. The summed E-state index contributed by atoms with van der Waals surface area (Å²) in [6, 6.07) is 17.3. The molecule has 0 unspecified atom stereocenters. The molecule has 0 radical (unpaired) electrons. The highest BCUT2D eigenvalue weighted by atomic mass is 35.5. The van der Waals surface area contributed by atoms with Crippen LogP contribution in [0.1, 0.15) is 28.8 Å². The number of para-hydroxylation sites is 1. The van der Waals surface area contributed by atoms with Gasteiger partial charge < -0.3 is 15.4 Å². The zero-order chi connectivity index (χ0) is 27.3. The molecule has 3 aromatic carbocycles. The van der Waals surface area contributed by atoms with Gasteiger partial charge in [0.15, 0.2) is 0 Å². The van der Waals surface area contributed by atoms with Crippen LogP contribution in [-0.4, -0.2) is 46.0 Å². The smallest absolute Gasteiger partial charge is 0.264 e. The van der Waals surface area contributed by atoms with E-state index < -0.39 is 22.5 Å². The van der Waals surface area contributed by atoms with E-state index in [4.69, 9.17) is 27.9 Å². The minimum absolute atomic E-state index is 0.00781. The second kappa shape index (κ2) is 12.2. The highest BCUT2D eigenvalue weighted by molar-refractivity contribution is 7.92. The fourth-order valence-corrected chi connectivity index (χ4v) is 5.92. The molecule has 1 aliphatic rings. The van der Waals surface area contributed by atoms with Gasteiger partial charge in [0, 0.05) is 13.2 Å². The molecule has 0 bridgehead atoms. The molecule has 0 spiro atoms. The van der Waals surface area contributed by atoms with E-state index in [9.17, 15) is 18.0 Å². The fraction of sp³-hybridized carbons (Fsp3) is 0.259. The molecule has 0 aliphatic carbocycles. The number of hydrogen-bond donors (Lipinski definition) is 2. The van der Waals surface area contributed by atoms with Gasteiger partial charge in [-0.05, 0) is 56.2 Å². The average molecular weight is 577 g/mol. The number of halogens is 2. The molecule has 0 aromatic heterocycles. The van der Waals surface area contributed by atoms with Gasteiger partial charge in [0.1, 0.15) is 6.54 Å². The van der Waals surface area contributed by atoms with Crippen LogP contribution in [0, 0.1) is 6.92 Å². The van der Waals surface area contributed by atoms with Crippen molar-refractivity contribution in [1.82, 2.24) is 5.32 Å². The number of benzene rings is 3. The van der Waals surface area contributed by atoms with Crippen molar-refractivity contribution in [3.63, 3.8) is 0 Å². The van der Waals surface area contributed by atoms with Gasteiger partial charge in [-0.3, -0.25) is 13.9 Å². The summed E-state index contributed by atoms with van der Waals surface area (Å²) < 4.78 is 33.7. The first-order valence-corrected chi connectivity index (χ1v) is 14.2. The van der Waals surface area contributed by atoms with Gasteiger partial charge in [0.2, 0.25) is 5.91 Å². The highest BCUT2D eigenvalue weighted by Gasteiger charge is 2.30. The van der Waals surface area contributed by atoms with Crippen LogP contribution in [0.3, 0.4) is 0 Å². The summed E-state index contributed by atoms with van der Waals surface area (Å²) in [5, 5.41) is 5.64. The van der Waals surface area contributed by atoms with Crippen molar-refractivity contribution in [3.8, 4) is 0 Å². The Balaban J connectivity index is 1.59. The Morgan fingerprint density at radius 2 is 1.76 bits per heavy atom. The van der Waals surface area contributed by atoms with Crippen LogP contribution >= 0.6 is 23.2 Å². The van der Waals surface area contributed by atoms with E-state index in [1.54, 1.807) is 42.5 Å². The maximum atomic E-state index is 13.6. The number of amides is 2. The number of carbonyl (C=O) groups is 2. The SMILES string of the molecule is Cc1ccc(S(=O)(=O)N(CC(=O)Nc2ccccc2C(=O)NC[C@@H]2CCCO2)c2cccc(Cl)c2Cl)cc1. The molecule has 2 N–H and O–H groups in total. The standard InChI is InChI=1S/C27H27Cl2N3O5S/c1-18-11-13-20(14-12-18)38(35,36)32(24-10-4-8-22(28)26(24)29)17-25(33)31-23-9-3-2-7-21(23)27(34)30-16-19-6-5-15-37-19/h2-4,7-14,19H,5-6,15-17H2,1H3,(H,30,34)(H,31,33)/t19-/m0/s1. The van der Waals surface area contributed by atoms with Crippen molar-refractivity contribution < 1.29 is 22.7 Å². The van der Waals surface area contributed by atoms with Gasteiger partial charge in [-0.1, -0.05) is 59.1 Å². The molecule has 11 heteroatoms. The van der Waals surface area contributed by atoms with Crippen LogP contribution in [0.2, 0.25) is 10.0 Å². The molecular formula is C27H27Cl2N3O5S. The van der Waals surface area contributed by atoms with Crippen LogP contribution in [0.4, 0.5) is 11.4 Å². The van der Waals surface area contributed by atoms with E-state index in [2.05, 4.69) is 10.6 Å². The number of hydrogen-bond acceptors (Lipinski definition) is 5. The molecule has 38 heavy (non-hydrogen) atoms. The summed E-state index contributed by atoms with van der Waals surface area (Å²) in [7, 11) is -4.21. The molecule has 1 atom stereocenters. The van der Waals surface area contributed by atoms with E-state index >= 15 is 0 Å². The zero-order valence-electron chi connectivity index (χ0n) is 20.6. The lowest BCUT2D eigenvalue weighted by Crippen LogP contribution is -2.39. The van der Waals surface area contributed by atoms with Crippen LogP contribution in [0.5, 0.6) is 0 Å². The van der Waals surface area contributed by atoms with Gasteiger partial charge in [0.05, 0.1) is 38.0 Å². The summed E-state index contributed by atoms with van der Waals surface area (Å²) >= 11 is 12.5. The summed E-state index contributed by atoms with van der Waals surface area (Å²) in [5.41, 5.74) is 1.42. The molecule has 3 aromatic rings. The summed E-state index contributed by atoms with van der Waals surface area (Å²) in [5.74, 6) is -1.05. The lowest BCUT2D eigenvalue weighted by Gasteiger charge is -2.25. The van der Waals surface area contributed by atoms with Crippen LogP contribution in [-0.2, 0) is 19.6 Å². The predicted octanol–water partition coefficient (Wildman–Crippen LogP) is 5.04. The predicted molar refractivity (Wildman–Crippen MR) is 149 cm³/mol. The van der Waals surface area contributed by atoms with Crippen LogP contribution in [0.15, 0.2) is 71.6 Å². The van der Waals surface area contributed by atoms with E-state index in [1.807, 2.05) is 6.92 Å². The normalized spacial score (nSPS) is 15.2. The molecular weight excluding hydrogens is 549 g/mol. The number of nitrogens with zero attached hydrogens (tertiary/aromatic N) is 1. The van der Waals surface area contributed by atoms with E-state index in [0.29, 0.717) is 13.2 Å². The first kappa shape index (κ1) is 27.9. The molecule has 1 heterocycles. The third-order valence-corrected chi connectivity index (χ3v) is 8.64. The lowest BCUT2D eigenvalue weighted by molar-refractivity contribution is -0.114. The van der Waals surface area contributed by atoms with E-state index in [0.717, 1.165) is 22.7 Å². The number of anilines is 2. The van der Waals surface area contributed by atoms with Crippen molar-refractivity contribution in [2.45, 2.75) is 30.8 Å². The lowest BCUT2D eigenvalue weighted by atomic mass is 10.1. The van der Waals surface area contributed by atoms with Crippen molar-refractivity contribution in [2.24, 2.45) is 0 Å². The van der Waals surface area contributed by atoms with Gasteiger partial charge in [-0.2, -0.15) is 0 Å². The quantitative estimate of drug-likeness (QED) is 0.371. The van der Waals surface area contributed by atoms with Crippen LogP contribution in [0.25, 0.3) is 0 Å². The first-order chi connectivity index (χ1) is 18.2. The molecule has 4 rings (SSSR count). The average Bonchev–Trinajstić information content (AvgIpc) is 3.42. The summed E-state index contributed by atoms with van der Waals surface area (Å²) in [6.07, 6.45) is 1.78. The van der Waals surface area contributed by atoms with Gasteiger partial charge in [-0.25, -0.2) is 8.42 Å². The molecule has 1 aliphatic heterocycles. The first-order valence-electron chi connectivity index (χ1n) is 12.0. The second-order valence-corrected chi connectivity index (χ2v) is 11.5. The van der Waals surface area contributed by atoms with E-state index in [-0.39, 0.29) is 43.9 Å². The van der Waals surface area contributed by atoms with Crippen molar-refractivity contribution in [3.05, 3.63) is 87.9 Å². The Morgan fingerprint density at radius 3 is 2.47 bits per heavy atom. The number of aryl methyl sites for hydroxylation is 1. The number of sulfonamides is 1. The maximum Gasteiger partial charge on any atom is 0.264 e.